The molecule has 1 amide bonds. The van der Waals surface area contributed by atoms with Crippen LogP contribution in [-0.2, 0) is 14.8 Å². The second-order valence-corrected chi connectivity index (χ2v) is 7.69. The summed E-state index contributed by atoms with van der Waals surface area (Å²) < 4.78 is 32.9. The first kappa shape index (κ1) is 20.1. The summed E-state index contributed by atoms with van der Waals surface area (Å²) in [6.45, 7) is 4.29. The molecule has 26 heavy (non-hydrogen) atoms. The van der Waals surface area contributed by atoms with Crippen LogP contribution < -0.4 is 10.0 Å². The number of hydrogen-bond acceptors (Lipinski definition) is 4. The van der Waals surface area contributed by atoms with Gasteiger partial charge in [0.2, 0.25) is 10.0 Å². The van der Waals surface area contributed by atoms with Crippen LogP contribution in [0.15, 0.2) is 53.4 Å². The third-order valence-corrected chi connectivity index (χ3v) is 5.53. The summed E-state index contributed by atoms with van der Waals surface area (Å²) in [7, 11) is -2.21. The highest BCUT2D eigenvalue weighted by molar-refractivity contribution is 7.89. The summed E-state index contributed by atoms with van der Waals surface area (Å²) in [5.41, 5.74) is 1.90. The van der Waals surface area contributed by atoms with E-state index < -0.39 is 10.0 Å². The average molecular weight is 376 g/mol. The predicted molar refractivity (Wildman–Crippen MR) is 101 cm³/mol. The minimum absolute atomic E-state index is 0.0581. The quantitative estimate of drug-likeness (QED) is 0.693. The van der Waals surface area contributed by atoms with E-state index in [1.54, 1.807) is 27.0 Å². The zero-order valence-electron chi connectivity index (χ0n) is 15.2. The molecule has 2 rings (SSSR count). The van der Waals surface area contributed by atoms with Gasteiger partial charge in [0.05, 0.1) is 11.5 Å². The number of hydrogen-bond donors (Lipinski definition) is 2. The number of carbonyl (C=O) groups excluding carboxylic acids is 1. The van der Waals surface area contributed by atoms with E-state index in [1.807, 2.05) is 30.3 Å². The van der Waals surface area contributed by atoms with E-state index in [9.17, 15) is 13.2 Å². The van der Waals surface area contributed by atoms with Crippen molar-refractivity contribution in [3.05, 3.63) is 65.2 Å². The largest absolute Gasteiger partial charge is 0.383 e. The number of aryl methyl sites for hydroxylation is 1. The highest BCUT2D eigenvalue weighted by atomic mass is 32.2. The molecule has 2 aromatic rings. The molecule has 140 valence electrons. The summed E-state index contributed by atoms with van der Waals surface area (Å²) in [6.07, 6.45) is 0. The molecule has 0 aliphatic heterocycles. The standard InChI is InChI=1S/C19H24N2O4S/c1-14-9-10-17(13-18(14)19(22)20-11-12-25-3)26(23,24)21-15(2)16-7-5-4-6-8-16/h4-10,13,15,21H,11-12H2,1-3H3,(H,20,22)/t15-/m1/s1. The molecule has 0 aromatic heterocycles. The average Bonchev–Trinajstić information content (AvgIpc) is 2.62. The van der Waals surface area contributed by atoms with E-state index in [-0.39, 0.29) is 16.8 Å². The van der Waals surface area contributed by atoms with Gasteiger partial charge in [-0.3, -0.25) is 4.79 Å². The molecular weight excluding hydrogens is 352 g/mol. The highest BCUT2D eigenvalue weighted by Gasteiger charge is 2.20. The fourth-order valence-electron chi connectivity index (χ4n) is 2.49. The smallest absolute Gasteiger partial charge is 0.251 e. The first-order valence-corrected chi connectivity index (χ1v) is 9.78. The topological polar surface area (TPSA) is 84.5 Å². The Hall–Kier alpha value is -2.22. The molecule has 0 fully saturated rings. The van der Waals surface area contributed by atoms with Crippen molar-refractivity contribution < 1.29 is 17.9 Å². The van der Waals surface area contributed by atoms with Crippen LogP contribution in [0.5, 0.6) is 0 Å². The van der Waals surface area contributed by atoms with Crippen molar-refractivity contribution in [2.24, 2.45) is 0 Å². The van der Waals surface area contributed by atoms with Gasteiger partial charge >= 0.3 is 0 Å². The van der Waals surface area contributed by atoms with Gasteiger partial charge in [-0.25, -0.2) is 13.1 Å². The lowest BCUT2D eigenvalue weighted by molar-refractivity contribution is 0.0936. The molecule has 7 heteroatoms. The Kier molecular flexibility index (Phi) is 6.90. The van der Waals surface area contributed by atoms with Gasteiger partial charge in [-0.1, -0.05) is 36.4 Å². The molecule has 0 saturated carbocycles. The van der Waals surface area contributed by atoms with Crippen LogP contribution in [0.1, 0.15) is 34.5 Å². The first-order valence-electron chi connectivity index (χ1n) is 8.30. The molecular formula is C19H24N2O4S. The minimum Gasteiger partial charge on any atom is -0.383 e. The summed E-state index contributed by atoms with van der Waals surface area (Å²) >= 11 is 0. The van der Waals surface area contributed by atoms with Gasteiger partial charge in [-0.05, 0) is 37.1 Å². The van der Waals surface area contributed by atoms with E-state index in [2.05, 4.69) is 10.0 Å². The molecule has 0 saturated heterocycles. The number of ether oxygens (including phenoxy) is 1. The Bertz CT molecular complexity index is 851. The second kappa shape index (κ2) is 8.93. The molecule has 0 radical (unpaired) electrons. The lowest BCUT2D eigenvalue weighted by Gasteiger charge is -2.16. The minimum atomic E-state index is -3.76. The zero-order chi connectivity index (χ0) is 19.2. The third-order valence-electron chi connectivity index (χ3n) is 3.99. The summed E-state index contributed by atoms with van der Waals surface area (Å²) in [5.74, 6) is -0.326. The summed E-state index contributed by atoms with van der Waals surface area (Å²) in [5, 5.41) is 2.71. The number of benzene rings is 2. The second-order valence-electron chi connectivity index (χ2n) is 5.98. The maximum absolute atomic E-state index is 12.7. The molecule has 0 spiro atoms. The van der Waals surface area contributed by atoms with Crippen LogP contribution in [0.3, 0.4) is 0 Å². The van der Waals surface area contributed by atoms with Crippen molar-refractivity contribution in [3.8, 4) is 0 Å². The molecule has 0 bridgehead atoms. The number of sulfonamides is 1. The summed E-state index contributed by atoms with van der Waals surface area (Å²) in [4.78, 5) is 12.3. The number of rotatable bonds is 8. The normalized spacial score (nSPS) is 12.6. The van der Waals surface area contributed by atoms with Crippen LogP contribution in [-0.4, -0.2) is 34.6 Å². The molecule has 6 nitrogen and oxygen atoms in total. The van der Waals surface area contributed by atoms with Crippen LogP contribution in [0.25, 0.3) is 0 Å². The summed E-state index contributed by atoms with van der Waals surface area (Å²) in [6, 6.07) is 13.4. The van der Waals surface area contributed by atoms with Gasteiger partial charge in [0, 0.05) is 25.3 Å². The Labute approximate surface area is 154 Å². The van der Waals surface area contributed by atoms with Crippen molar-refractivity contribution in [2.45, 2.75) is 24.8 Å². The molecule has 0 unspecified atom stereocenters. The monoisotopic (exact) mass is 376 g/mol. The van der Waals surface area contributed by atoms with Crippen LogP contribution >= 0.6 is 0 Å². The fraction of sp³-hybridized carbons (Fsp3) is 0.316. The van der Waals surface area contributed by atoms with Crippen molar-refractivity contribution in [3.63, 3.8) is 0 Å². The lowest BCUT2D eigenvalue weighted by Crippen LogP contribution is -2.29. The van der Waals surface area contributed by atoms with Crippen molar-refractivity contribution >= 4 is 15.9 Å². The Morgan fingerprint density at radius 2 is 1.85 bits per heavy atom. The maximum Gasteiger partial charge on any atom is 0.251 e. The predicted octanol–water partition coefficient (Wildman–Crippen LogP) is 2.41. The zero-order valence-corrected chi connectivity index (χ0v) is 16.0. The number of carbonyl (C=O) groups is 1. The first-order chi connectivity index (χ1) is 12.3. The van der Waals surface area contributed by atoms with Gasteiger partial charge in [0.15, 0.2) is 0 Å². The van der Waals surface area contributed by atoms with Gasteiger partial charge in [-0.2, -0.15) is 0 Å². The maximum atomic E-state index is 12.7. The van der Waals surface area contributed by atoms with E-state index in [0.29, 0.717) is 24.3 Å². The molecule has 2 aromatic carbocycles. The lowest BCUT2D eigenvalue weighted by atomic mass is 10.1. The molecule has 0 aliphatic carbocycles. The molecule has 0 heterocycles. The molecule has 2 N–H and O–H groups in total. The Morgan fingerprint density at radius 3 is 2.50 bits per heavy atom. The van der Waals surface area contributed by atoms with Crippen molar-refractivity contribution in [1.29, 1.82) is 0 Å². The van der Waals surface area contributed by atoms with Gasteiger partial charge in [0.25, 0.3) is 5.91 Å². The van der Waals surface area contributed by atoms with E-state index in [0.717, 1.165) is 5.56 Å². The SMILES string of the molecule is COCCNC(=O)c1cc(S(=O)(=O)N[C@H](C)c2ccccc2)ccc1C. The number of methoxy groups -OCH3 is 1. The van der Waals surface area contributed by atoms with E-state index in [4.69, 9.17) is 4.74 Å². The molecule has 1 atom stereocenters. The van der Waals surface area contributed by atoms with Gasteiger partial charge in [-0.15, -0.1) is 0 Å². The van der Waals surface area contributed by atoms with Gasteiger partial charge in [0.1, 0.15) is 0 Å². The van der Waals surface area contributed by atoms with Crippen molar-refractivity contribution in [1.82, 2.24) is 10.0 Å². The van der Waals surface area contributed by atoms with Crippen LogP contribution in [0.2, 0.25) is 0 Å². The fourth-order valence-corrected chi connectivity index (χ4v) is 3.74. The van der Waals surface area contributed by atoms with Gasteiger partial charge < -0.3 is 10.1 Å². The number of amides is 1. The number of nitrogens with one attached hydrogen (secondary N) is 2. The third kappa shape index (κ3) is 5.14. The van der Waals surface area contributed by atoms with Crippen LogP contribution in [0.4, 0.5) is 0 Å². The Morgan fingerprint density at radius 1 is 1.15 bits per heavy atom. The van der Waals surface area contributed by atoms with E-state index >= 15 is 0 Å². The highest BCUT2D eigenvalue weighted by Crippen LogP contribution is 2.19. The van der Waals surface area contributed by atoms with Crippen molar-refractivity contribution in [2.75, 3.05) is 20.3 Å². The molecule has 0 aliphatic rings. The Balaban J connectivity index is 2.21. The van der Waals surface area contributed by atoms with Crippen LogP contribution in [0, 0.1) is 6.92 Å². The van der Waals surface area contributed by atoms with E-state index in [1.165, 1.54) is 12.1 Å².